The van der Waals surface area contributed by atoms with Gasteiger partial charge in [0.1, 0.15) is 11.8 Å². The van der Waals surface area contributed by atoms with Gasteiger partial charge < -0.3 is 11.1 Å². The second-order valence-corrected chi connectivity index (χ2v) is 9.96. The number of rotatable bonds is 10. The molecule has 7 nitrogen and oxygen atoms in total. The Hall–Kier alpha value is -3.47. The first kappa shape index (κ1) is 28.5. The number of fused-ring (bicyclic) bond motifs is 1. The first-order valence-corrected chi connectivity index (χ1v) is 13.0. The molecule has 1 saturated carbocycles. The van der Waals surface area contributed by atoms with E-state index in [2.05, 4.69) is 10.3 Å². The summed E-state index contributed by atoms with van der Waals surface area (Å²) in [6.45, 7) is 0. The highest BCUT2D eigenvalue weighted by atomic mass is 35.5. The SMILES string of the molecule is NC(=O)[C@@H](CC1CC1)[C@@H](CCC(F)(F)F)C(=O)NC1N=C(c2ccccc2)c2cccc(F)c2N(CCl)C1=O. The number of amides is 3. The lowest BCUT2D eigenvalue weighted by atomic mass is 9.83. The lowest BCUT2D eigenvalue weighted by Crippen LogP contribution is -2.50. The van der Waals surface area contributed by atoms with Gasteiger partial charge in [0.2, 0.25) is 18.0 Å². The zero-order valence-electron chi connectivity index (χ0n) is 20.8. The Bertz CT molecular complexity index is 1270. The van der Waals surface area contributed by atoms with Crippen LogP contribution in [0.15, 0.2) is 53.5 Å². The Kier molecular flexibility index (Phi) is 8.58. The van der Waals surface area contributed by atoms with Crippen LogP contribution in [0.5, 0.6) is 0 Å². The first-order chi connectivity index (χ1) is 18.5. The number of nitrogens with one attached hydrogen (secondary N) is 1. The van der Waals surface area contributed by atoms with Crippen LogP contribution in [-0.2, 0) is 14.4 Å². The Labute approximate surface area is 227 Å². The average Bonchev–Trinajstić information content (AvgIpc) is 3.72. The summed E-state index contributed by atoms with van der Waals surface area (Å²) in [4.78, 5) is 44.6. The fourth-order valence-electron chi connectivity index (χ4n) is 4.80. The Morgan fingerprint density at radius 3 is 2.38 bits per heavy atom. The average molecular weight is 567 g/mol. The van der Waals surface area contributed by atoms with Crippen molar-refractivity contribution in [3.05, 3.63) is 65.5 Å². The maximum Gasteiger partial charge on any atom is 0.389 e. The Balaban J connectivity index is 1.74. The molecule has 0 aromatic heterocycles. The fraction of sp³-hybridized carbons (Fsp3) is 0.407. The van der Waals surface area contributed by atoms with Crippen molar-refractivity contribution in [1.82, 2.24) is 5.32 Å². The number of anilines is 1. The molecular weight excluding hydrogens is 540 g/mol. The van der Waals surface area contributed by atoms with Crippen molar-refractivity contribution in [2.75, 3.05) is 10.9 Å². The summed E-state index contributed by atoms with van der Waals surface area (Å²) >= 11 is 6.05. The number of halogens is 5. The number of nitrogens with zero attached hydrogens (tertiary/aromatic N) is 2. The highest BCUT2D eigenvalue weighted by molar-refractivity contribution is 6.25. The van der Waals surface area contributed by atoms with Gasteiger partial charge in [0.25, 0.3) is 5.91 Å². The van der Waals surface area contributed by atoms with E-state index in [1.54, 1.807) is 36.4 Å². The number of nitrogens with two attached hydrogens (primary N) is 1. The normalized spacial score (nSPS) is 19.0. The third-order valence-corrected chi connectivity index (χ3v) is 7.17. The van der Waals surface area contributed by atoms with Crippen molar-refractivity contribution >= 4 is 40.7 Å². The van der Waals surface area contributed by atoms with Crippen LogP contribution in [0, 0.1) is 23.6 Å². The predicted octanol–water partition coefficient (Wildman–Crippen LogP) is 4.51. The maximum atomic E-state index is 15.1. The van der Waals surface area contributed by atoms with E-state index in [4.69, 9.17) is 17.3 Å². The molecule has 0 saturated heterocycles. The number of benzodiazepines with no additional fused rings is 1. The van der Waals surface area contributed by atoms with E-state index in [1.807, 2.05) is 0 Å². The smallest absolute Gasteiger partial charge is 0.369 e. The zero-order chi connectivity index (χ0) is 28.3. The third kappa shape index (κ3) is 6.76. The van der Waals surface area contributed by atoms with Crippen LogP contribution < -0.4 is 16.0 Å². The molecule has 1 aliphatic heterocycles. The molecule has 12 heteroatoms. The van der Waals surface area contributed by atoms with E-state index < -0.39 is 66.6 Å². The second-order valence-electron chi connectivity index (χ2n) is 9.72. The molecule has 3 atom stereocenters. The second kappa shape index (κ2) is 11.7. The number of para-hydroxylation sites is 1. The van der Waals surface area contributed by atoms with Crippen molar-refractivity contribution in [3.63, 3.8) is 0 Å². The third-order valence-electron chi connectivity index (χ3n) is 6.93. The molecule has 1 fully saturated rings. The molecule has 1 heterocycles. The van der Waals surface area contributed by atoms with Crippen molar-refractivity contribution < 1.29 is 31.9 Å². The molecular formula is C27H27ClF4N4O3. The van der Waals surface area contributed by atoms with Gasteiger partial charge >= 0.3 is 6.18 Å². The van der Waals surface area contributed by atoms with Crippen LogP contribution in [0.3, 0.4) is 0 Å². The number of primary amides is 1. The number of alkyl halides is 4. The van der Waals surface area contributed by atoms with Crippen LogP contribution in [0.2, 0.25) is 0 Å². The number of benzene rings is 2. The van der Waals surface area contributed by atoms with E-state index in [1.165, 1.54) is 6.07 Å². The Morgan fingerprint density at radius 2 is 1.79 bits per heavy atom. The van der Waals surface area contributed by atoms with Gasteiger partial charge in [0.15, 0.2) is 0 Å². The van der Waals surface area contributed by atoms with Crippen molar-refractivity contribution in [1.29, 1.82) is 0 Å². The largest absolute Gasteiger partial charge is 0.389 e. The highest BCUT2D eigenvalue weighted by Gasteiger charge is 2.42. The van der Waals surface area contributed by atoms with Gasteiger partial charge in [-0.15, -0.1) is 11.6 Å². The lowest BCUT2D eigenvalue weighted by Gasteiger charge is -2.27. The highest BCUT2D eigenvalue weighted by Crippen LogP contribution is 2.39. The summed E-state index contributed by atoms with van der Waals surface area (Å²) in [6, 6.07) is 12.2. The van der Waals surface area contributed by atoms with Crippen LogP contribution >= 0.6 is 11.6 Å². The first-order valence-electron chi connectivity index (χ1n) is 12.5. The van der Waals surface area contributed by atoms with Gasteiger partial charge in [0, 0.05) is 29.4 Å². The number of carbonyl (C=O) groups excluding carboxylic acids is 3. The van der Waals surface area contributed by atoms with Gasteiger partial charge in [0.05, 0.1) is 11.4 Å². The van der Waals surface area contributed by atoms with Crippen LogP contribution in [-0.4, -0.2) is 41.8 Å². The van der Waals surface area contributed by atoms with E-state index in [-0.39, 0.29) is 29.3 Å². The number of hydrogen-bond donors (Lipinski definition) is 2. The molecule has 0 radical (unpaired) electrons. The minimum atomic E-state index is -4.58. The molecule has 39 heavy (non-hydrogen) atoms. The molecule has 0 spiro atoms. The molecule has 208 valence electrons. The summed E-state index contributed by atoms with van der Waals surface area (Å²) in [5, 5.41) is 2.42. The maximum absolute atomic E-state index is 15.1. The predicted molar refractivity (Wildman–Crippen MR) is 137 cm³/mol. The topological polar surface area (TPSA) is 105 Å². The van der Waals surface area contributed by atoms with Crippen molar-refractivity contribution in [3.8, 4) is 0 Å². The Morgan fingerprint density at radius 1 is 1.10 bits per heavy atom. The molecule has 0 bridgehead atoms. The lowest BCUT2D eigenvalue weighted by molar-refractivity contribution is -0.146. The van der Waals surface area contributed by atoms with E-state index in [9.17, 15) is 27.6 Å². The zero-order valence-corrected chi connectivity index (χ0v) is 21.5. The summed E-state index contributed by atoms with van der Waals surface area (Å²) in [5.74, 6) is -6.01. The van der Waals surface area contributed by atoms with Gasteiger partial charge in [-0.3, -0.25) is 19.3 Å². The van der Waals surface area contributed by atoms with Gasteiger partial charge in [-0.25, -0.2) is 9.38 Å². The van der Waals surface area contributed by atoms with Crippen LogP contribution in [0.1, 0.15) is 43.2 Å². The minimum Gasteiger partial charge on any atom is -0.369 e. The molecule has 2 aliphatic rings. The van der Waals surface area contributed by atoms with Crippen molar-refractivity contribution in [2.24, 2.45) is 28.5 Å². The van der Waals surface area contributed by atoms with Crippen molar-refractivity contribution in [2.45, 2.75) is 44.4 Å². The minimum absolute atomic E-state index is 0.0927. The van der Waals surface area contributed by atoms with Crippen LogP contribution in [0.25, 0.3) is 0 Å². The van der Waals surface area contributed by atoms with E-state index in [0.29, 0.717) is 5.56 Å². The molecule has 2 aromatic rings. The summed E-state index contributed by atoms with van der Waals surface area (Å²) in [6.07, 6.45) is -6.49. The summed E-state index contributed by atoms with van der Waals surface area (Å²) < 4.78 is 54.5. The number of aliphatic imine (C=N–C) groups is 1. The monoisotopic (exact) mass is 566 g/mol. The molecule has 1 unspecified atom stereocenters. The summed E-state index contributed by atoms with van der Waals surface area (Å²) in [5.41, 5.74) is 6.30. The van der Waals surface area contributed by atoms with Gasteiger partial charge in [-0.2, -0.15) is 13.2 Å². The van der Waals surface area contributed by atoms with Crippen LogP contribution in [0.4, 0.5) is 23.2 Å². The van der Waals surface area contributed by atoms with Gasteiger partial charge in [-0.1, -0.05) is 55.3 Å². The molecule has 2 aromatic carbocycles. The van der Waals surface area contributed by atoms with Gasteiger partial charge in [-0.05, 0) is 24.8 Å². The molecule has 3 amide bonds. The van der Waals surface area contributed by atoms with E-state index in [0.717, 1.165) is 23.8 Å². The molecule has 3 N–H and O–H groups in total. The molecule has 1 aliphatic carbocycles. The van der Waals surface area contributed by atoms with E-state index >= 15 is 4.39 Å². The number of hydrogen-bond acceptors (Lipinski definition) is 4. The number of carbonyl (C=O) groups is 3. The quantitative estimate of drug-likeness (QED) is 0.251. The molecule has 4 rings (SSSR count). The fourth-order valence-corrected chi connectivity index (χ4v) is 5.04. The summed E-state index contributed by atoms with van der Waals surface area (Å²) in [7, 11) is 0. The standard InChI is InChI=1S/C27H27ClF4N4O3/c28-14-36-22-18(7-4-8-20(22)29)21(16-5-2-1-3-6-16)34-24(26(36)39)35-25(38)17(11-12-27(30,31)32)19(23(33)37)13-15-9-10-15/h1-8,15,17,19,24H,9-14H2,(H2,33,37)(H,35,38)/t17-,19+,24?/m1/s1.